The average molecular weight is 317 g/mol. The molecule has 2 fully saturated rings. The summed E-state index contributed by atoms with van der Waals surface area (Å²) < 4.78 is 26.4. The van der Waals surface area contributed by atoms with E-state index < -0.39 is 15.6 Å². The number of sulfonamides is 1. The van der Waals surface area contributed by atoms with Crippen LogP contribution in [0.1, 0.15) is 18.4 Å². The number of rotatable bonds is 3. The number of aliphatic hydroxyl groups is 1. The van der Waals surface area contributed by atoms with E-state index in [1.165, 1.54) is 10.4 Å². The Morgan fingerprint density at radius 1 is 1.40 bits per heavy atom. The van der Waals surface area contributed by atoms with Crippen molar-refractivity contribution >= 4 is 27.3 Å². The fraction of sp³-hybridized carbons (Fsp3) is 0.538. The molecule has 5 nitrogen and oxygen atoms in total. The Labute approximate surface area is 123 Å². The van der Waals surface area contributed by atoms with Gasteiger partial charge >= 0.3 is 0 Å². The van der Waals surface area contributed by atoms with Crippen LogP contribution in [-0.2, 0) is 10.0 Å². The van der Waals surface area contributed by atoms with E-state index in [0.717, 1.165) is 12.8 Å². The van der Waals surface area contributed by atoms with E-state index in [0.29, 0.717) is 10.6 Å². The van der Waals surface area contributed by atoms with E-state index in [1.54, 1.807) is 13.0 Å². The van der Waals surface area contributed by atoms with Crippen LogP contribution in [0.25, 0.3) is 0 Å². The van der Waals surface area contributed by atoms with Gasteiger partial charge in [-0.25, -0.2) is 8.42 Å². The minimum Gasteiger partial charge on any atom is -0.397 e. The van der Waals surface area contributed by atoms with Crippen molar-refractivity contribution in [2.75, 3.05) is 18.8 Å². The molecule has 1 aromatic rings. The number of aryl methyl sites for hydroxylation is 1. The highest BCUT2D eigenvalue weighted by Gasteiger charge is 2.55. The Morgan fingerprint density at radius 3 is 2.55 bits per heavy atom. The molecule has 1 aliphatic heterocycles. The second kappa shape index (κ2) is 4.34. The van der Waals surface area contributed by atoms with Gasteiger partial charge in [0.25, 0.3) is 0 Å². The summed E-state index contributed by atoms with van der Waals surface area (Å²) in [5.74, 6) is 0.255. The molecular weight excluding hydrogens is 300 g/mol. The number of nitrogens with zero attached hydrogens (tertiary/aromatic N) is 1. The molecule has 0 spiro atoms. The lowest BCUT2D eigenvalue weighted by Crippen LogP contribution is -2.64. The zero-order valence-electron chi connectivity index (χ0n) is 11.1. The second-order valence-corrected chi connectivity index (χ2v) is 8.10. The van der Waals surface area contributed by atoms with Crippen LogP contribution in [0.3, 0.4) is 0 Å². The fourth-order valence-electron chi connectivity index (χ4n) is 2.70. The highest BCUT2D eigenvalue weighted by Crippen LogP contribution is 2.46. The summed E-state index contributed by atoms with van der Waals surface area (Å²) in [5.41, 5.74) is 5.66. The molecule has 1 aromatic carbocycles. The van der Waals surface area contributed by atoms with E-state index in [1.807, 2.05) is 0 Å². The summed E-state index contributed by atoms with van der Waals surface area (Å²) in [6, 6.07) is 2.94. The van der Waals surface area contributed by atoms with E-state index in [4.69, 9.17) is 17.3 Å². The molecule has 1 saturated heterocycles. The number of anilines is 1. The molecule has 0 atom stereocenters. The Balaban J connectivity index is 1.88. The van der Waals surface area contributed by atoms with Crippen LogP contribution in [0.15, 0.2) is 17.0 Å². The van der Waals surface area contributed by atoms with Crippen LogP contribution in [0, 0.1) is 12.8 Å². The average Bonchev–Trinajstić information content (AvgIpc) is 3.13. The van der Waals surface area contributed by atoms with Crippen LogP contribution >= 0.6 is 11.6 Å². The Hall–Kier alpha value is -0.820. The SMILES string of the molecule is Cc1cc(Cl)c(N)cc1S(=O)(=O)N1CC(O)(C2CC2)C1. The van der Waals surface area contributed by atoms with Gasteiger partial charge in [0.2, 0.25) is 10.0 Å². The largest absolute Gasteiger partial charge is 0.397 e. The smallest absolute Gasteiger partial charge is 0.243 e. The molecule has 3 N–H and O–H groups in total. The summed E-state index contributed by atoms with van der Waals surface area (Å²) in [5, 5.41) is 10.6. The van der Waals surface area contributed by atoms with Crippen molar-refractivity contribution in [2.45, 2.75) is 30.3 Å². The van der Waals surface area contributed by atoms with Crippen molar-refractivity contribution in [1.29, 1.82) is 0 Å². The molecule has 7 heteroatoms. The Morgan fingerprint density at radius 2 is 2.00 bits per heavy atom. The maximum Gasteiger partial charge on any atom is 0.243 e. The number of hydrogen-bond donors (Lipinski definition) is 2. The number of nitrogen functional groups attached to an aromatic ring is 1. The van der Waals surface area contributed by atoms with Crippen LogP contribution in [-0.4, -0.2) is 36.5 Å². The quantitative estimate of drug-likeness (QED) is 0.825. The summed E-state index contributed by atoms with van der Waals surface area (Å²) in [6.07, 6.45) is 1.97. The number of benzene rings is 1. The van der Waals surface area contributed by atoms with E-state index >= 15 is 0 Å². The van der Waals surface area contributed by atoms with Crippen molar-refractivity contribution in [2.24, 2.45) is 5.92 Å². The molecule has 2 aliphatic rings. The highest BCUT2D eigenvalue weighted by atomic mass is 35.5. The van der Waals surface area contributed by atoms with Gasteiger partial charge in [-0.1, -0.05) is 11.6 Å². The molecule has 110 valence electrons. The third-order valence-corrected chi connectivity index (χ3v) is 6.41. The van der Waals surface area contributed by atoms with Crippen LogP contribution in [0.2, 0.25) is 5.02 Å². The molecule has 20 heavy (non-hydrogen) atoms. The number of hydrogen-bond acceptors (Lipinski definition) is 4. The van der Waals surface area contributed by atoms with Crippen molar-refractivity contribution in [1.82, 2.24) is 4.31 Å². The van der Waals surface area contributed by atoms with E-state index in [2.05, 4.69) is 0 Å². The number of nitrogens with two attached hydrogens (primary N) is 1. The summed E-state index contributed by atoms with van der Waals surface area (Å²) in [7, 11) is -3.61. The molecule has 0 amide bonds. The zero-order chi connectivity index (χ0) is 14.7. The summed E-state index contributed by atoms with van der Waals surface area (Å²) in [4.78, 5) is 0.164. The highest BCUT2D eigenvalue weighted by molar-refractivity contribution is 7.89. The molecule has 0 unspecified atom stereocenters. The van der Waals surface area contributed by atoms with Gasteiger partial charge < -0.3 is 10.8 Å². The van der Waals surface area contributed by atoms with E-state index in [9.17, 15) is 13.5 Å². The predicted octanol–water partition coefficient (Wildman–Crippen LogP) is 1.38. The number of halogens is 1. The van der Waals surface area contributed by atoms with Crippen molar-refractivity contribution in [3.63, 3.8) is 0 Å². The van der Waals surface area contributed by atoms with Gasteiger partial charge in [0.15, 0.2) is 0 Å². The summed E-state index contributed by atoms with van der Waals surface area (Å²) in [6.45, 7) is 2.02. The third-order valence-electron chi connectivity index (χ3n) is 4.15. The zero-order valence-corrected chi connectivity index (χ0v) is 12.7. The lowest BCUT2D eigenvalue weighted by atomic mass is 9.91. The first-order chi connectivity index (χ1) is 9.24. The topological polar surface area (TPSA) is 83.6 Å². The van der Waals surface area contributed by atoms with Gasteiger partial charge in [-0.05, 0) is 43.4 Å². The van der Waals surface area contributed by atoms with Gasteiger partial charge in [-0.15, -0.1) is 0 Å². The van der Waals surface area contributed by atoms with Gasteiger partial charge in [0, 0.05) is 13.1 Å². The maximum absolute atomic E-state index is 12.5. The lowest BCUT2D eigenvalue weighted by molar-refractivity contribution is -0.0764. The molecule has 1 saturated carbocycles. The van der Waals surface area contributed by atoms with Crippen molar-refractivity contribution in [3.05, 3.63) is 22.7 Å². The second-order valence-electron chi connectivity index (χ2n) is 5.79. The van der Waals surface area contributed by atoms with Gasteiger partial charge in [0.1, 0.15) is 0 Å². The van der Waals surface area contributed by atoms with Crippen LogP contribution in [0.4, 0.5) is 5.69 Å². The van der Waals surface area contributed by atoms with Crippen LogP contribution < -0.4 is 5.73 Å². The van der Waals surface area contributed by atoms with Gasteiger partial charge in [0.05, 0.1) is 21.2 Å². The maximum atomic E-state index is 12.5. The first kappa shape index (κ1) is 14.1. The molecule has 0 bridgehead atoms. The molecule has 1 aliphatic carbocycles. The molecule has 3 rings (SSSR count). The van der Waals surface area contributed by atoms with Crippen molar-refractivity contribution in [3.8, 4) is 0 Å². The summed E-state index contributed by atoms with van der Waals surface area (Å²) >= 11 is 5.89. The van der Waals surface area contributed by atoms with Crippen LogP contribution in [0.5, 0.6) is 0 Å². The normalized spacial score (nSPS) is 22.6. The Kier molecular flexibility index (Phi) is 3.06. The molecule has 0 aromatic heterocycles. The monoisotopic (exact) mass is 316 g/mol. The Bertz CT molecular complexity index is 664. The number of β-amino-alcohol motifs (C(OH)–C–C–N with tert-alkyl or cyclic N) is 1. The minimum absolute atomic E-state index is 0.164. The van der Waals surface area contributed by atoms with Crippen molar-refractivity contribution < 1.29 is 13.5 Å². The lowest BCUT2D eigenvalue weighted by Gasteiger charge is -2.45. The minimum atomic E-state index is -3.61. The van der Waals surface area contributed by atoms with Gasteiger partial charge in [-0.3, -0.25) is 0 Å². The molecule has 0 radical (unpaired) electrons. The standard InChI is InChI=1S/C13H17ClN2O3S/c1-8-4-10(14)11(15)5-12(8)20(18,19)16-6-13(17,7-16)9-2-3-9/h4-5,9,17H,2-3,6-7,15H2,1H3. The first-order valence-corrected chi connectivity index (χ1v) is 8.34. The predicted molar refractivity (Wildman–Crippen MR) is 77.0 cm³/mol. The molecular formula is C13H17ClN2O3S. The van der Waals surface area contributed by atoms with Gasteiger partial charge in [-0.2, -0.15) is 4.31 Å². The molecule has 1 heterocycles. The first-order valence-electron chi connectivity index (χ1n) is 6.52. The third kappa shape index (κ3) is 2.11. The fourth-order valence-corrected chi connectivity index (χ4v) is 4.72. The van der Waals surface area contributed by atoms with E-state index in [-0.39, 0.29) is 29.6 Å².